The number of hydrogen-bond donors (Lipinski definition) is 1. The number of carbonyl (C=O) groups excluding carboxylic acids is 1. The number of benzene rings is 1. The largest absolute Gasteiger partial charge is 0.428 e. The summed E-state index contributed by atoms with van der Waals surface area (Å²) < 4.78 is 14.8. The highest BCUT2D eigenvalue weighted by molar-refractivity contribution is 6.68. The van der Waals surface area contributed by atoms with Crippen molar-refractivity contribution in [3.63, 3.8) is 0 Å². The van der Waals surface area contributed by atoms with Crippen molar-refractivity contribution in [2.24, 2.45) is 0 Å². The first-order valence-corrected chi connectivity index (χ1v) is 9.39. The Morgan fingerprint density at radius 2 is 1.73 bits per heavy atom. The van der Waals surface area contributed by atoms with Crippen molar-refractivity contribution in [2.45, 2.75) is 35.9 Å². The predicted molar refractivity (Wildman–Crippen MR) is 100 cm³/mol. The van der Waals surface area contributed by atoms with Crippen LogP contribution >= 0.6 is 34.8 Å². The molecule has 0 unspecified atom stereocenters. The van der Waals surface area contributed by atoms with Crippen molar-refractivity contribution in [1.82, 2.24) is 10.2 Å². The second-order valence-corrected chi connectivity index (χ2v) is 9.54. The first-order valence-electron chi connectivity index (χ1n) is 8.26. The number of halogens is 3. The fraction of sp³-hybridized carbons (Fsp3) is 0.588. The molecule has 0 radical (unpaired) electrons. The van der Waals surface area contributed by atoms with Crippen molar-refractivity contribution >= 4 is 40.8 Å². The summed E-state index contributed by atoms with van der Waals surface area (Å²) in [6.45, 7) is 7.99. The summed E-state index contributed by atoms with van der Waals surface area (Å²) in [5.41, 5.74) is 0.931. The molecule has 0 saturated carbocycles. The van der Waals surface area contributed by atoms with E-state index in [1.54, 1.807) is 11.0 Å². The quantitative estimate of drug-likeness (QED) is 0.698. The molecule has 0 aliphatic carbocycles. The Kier molecular flexibility index (Phi) is 5.16. The van der Waals surface area contributed by atoms with E-state index in [1.165, 1.54) is 0 Å². The summed E-state index contributed by atoms with van der Waals surface area (Å²) in [5.74, 6) is -1.15. The smallest absolute Gasteiger partial charge is 0.389 e. The number of fused-ring (bicyclic) bond motifs is 1. The molecule has 2 aliphatic rings. The van der Waals surface area contributed by atoms with E-state index in [9.17, 15) is 4.79 Å². The SMILES string of the molecule is CC(C)(C)c1ccc2c(c1)O[C@](NC(=O)N1CCOCC1)(C(Cl)(Cl)Cl)O2. The Morgan fingerprint density at radius 1 is 1.12 bits per heavy atom. The lowest BCUT2D eigenvalue weighted by Gasteiger charge is -2.36. The summed E-state index contributed by atoms with van der Waals surface area (Å²) >= 11 is 18.4. The number of hydrogen-bond acceptors (Lipinski definition) is 4. The Morgan fingerprint density at radius 3 is 2.31 bits per heavy atom. The van der Waals surface area contributed by atoms with Gasteiger partial charge in [0.1, 0.15) is 0 Å². The van der Waals surface area contributed by atoms with Gasteiger partial charge in [0.05, 0.1) is 13.2 Å². The van der Waals surface area contributed by atoms with E-state index in [1.807, 2.05) is 12.1 Å². The molecule has 1 saturated heterocycles. The van der Waals surface area contributed by atoms with Gasteiger partial charge in [0.2, 0.25) is 0 Å². The maximum atomic E-state index is 12.6. The molecule has 2 heterocycles. The van der Waals surface area contributed by atoms with E-state index in [-0.39, 0.29) is 5.41 Å². The fourth-order valence-corrected chi connectivity index (χ4v) is 3.07. The van der Waals surface area contributed by atoms with Crippen LogP contribution in [0.25, 0.3) is 0 Å². The van der Waals surface area contributed by atoms with Gasteiger partial charge in [0.15, 0.2) is 11.5 Å². The Hall–Kier alpha value is -1.08. The van der Waals surface area contributed by atoms with E-state index in [0.29, 0.717) is 37.8 Å². The highest BCUT2D eigenvalue weighted by atomic mass is 35.6. The zero-order valence-electron chi connectivity index (χ0n) is 14.8. The Labute approximate surface area is 167 Å². The molecule has 26 heavy (non-hydrogen) atoms. The van der Waals surface area contributed by atoms with Crippen molar-refractivity contribution in [3.8, 4) is 11.5 Å². The molecule has 0 aromatic heterocycles. The summed E-state index contributed by atoms with van der Waals surface area (Å²) in [4.78, 5) is 14.2. The number of amides is 2. The molecular formula is C17H21Cl3N2O4. The van der Waals surface area contributed by atoms with Gasteiger partial charge in [-0.05, 0) is 23.1 Å². The van der Waals surface area contributed by atoms with Crippen molar-refractivity contribution in [2.75, 3.05) is 26.3 Å². The van der Waals surface area contributed by atoms with Gasteiger partial charge in [0, 0.05) is 13.1 Å². The van der Waals surface area contributed by atoms with Crippen molar-refractivity contribution in [1.29, 1.82) is 0 Å². The van der Waals surface area contributed by atoms with E-state index in [4.69, 9.17) is 49.0 Å². The van der Waals surface area contributed by atoms with E-state index in [2.05, 4.69) is 26.1 Å². The van der Waals surface area contributed by atoms with Crippen LogP contribution in [0.3, 0.4) is 0 Å². The minimum atomic E-state index is -2.06. The van der Waals surface area contributed by atoms with E-state index >= 15 is 0 Å². The number of nitrogens with one attached hydrogen (secondary N) is 1. The molecule has 2 amide bonds. The molecular weight excluding hydrogens is 403 g/mol. The van der Waals surface area contributed by atoms with Crippen LogP contribution in [0, 0.1) is 0 Å². The van der Waals surface area contributed by atoms with Crippen LogP contribution in [0.2, 0.25) is 0 Å². The number of ether oxygens (including phenoxy) is 3. The van der Waals surface area contributed by atoms with Crippen molar-refractivity contribution < 1.29 is 19.0 Å². The molecule has 144 valence electrons. The molecule has 1 aromatic rings. The zero-order valence-corrected chi connectivity index (χ0v) is 17.0. The standard InChI is InChI=1S/C17H21Cl3N2O4/c1-15(2,3)11-4-5-12-13(10-11)26-17(25-12,16(18,19)20)21-14(23)22-6-8-24-9-7-22/h4-5,10H,6-9H2,1-3H3,(H,21,23)/t17-/m0/s1. The number of alkyl halides is 3. The number of morpholine rings is 1. The van der Waals surface area contributed by atoms with Gasteiger partial charge in [-0.25, -0.2) is 4.79 Å². The van der Waals surface area contributed by atoms with Crippen LogP contribution in [0.4, 0.5) is 4.79 Å². The molecule has 1 atom stereocenters. The summed E-state index contributed by atoms with van der Waals surface area (Å²) in [7, 11) is 0. The molecule has 9 heteroatoms. The number of nitrogens with zero attached hydrogens (tertiary/aromatic N) is 1. The van der Waals surface area contributed by atoms with Crippen LogP contribution in [0.15, 0.2) is 18.2 Å². The number of urea groups is 1. The number of carbonyl (C=O) groups is 1. The Bertz CT molecular complexity index is 696. The molecule has 0 spiro atoms. The van der Waals surface area contributed by atoms with Crippen LogP contribution in [0.1, 0.15) is 26.3 Å². The average molecular weight is 424 g/mol. The van der Waals surface area contributed by atoms with Gasteiger partial charge in [-0.1, -0.05) is 61.6 Å². The highest BCUT2D eigenvalue weighted by Crippen LogP contribution is 2.49. The molecule has 2 aliphatic heterocycles. The first kappa shape index (κ1) is 19.7. The third-order valence-electron chi connectivity index (χ3n) is 4.26. The number of rotatable bonds is 1. The third kappa shape index (κ3) is 3.79. The van der Waals surface area contributed by atoms with Crippen LogP contribution < -0.4 is 14.8 Å². The van der Waals surface area contributed by atoms with Gasteiger partial charge < -0.3 is 19.1 Å². The summed E-state index contributed by atoms with van der Waals surface area (Å²) in [6.07, 6.45) is 0. The molecule has 1 fully saturated rings. The lowest BCUT2D eigenvalue weighted by molar-refractivity contribution is -0.0971. The minimum Gasteiger partial charge on any atom is -0.428 e. The van der Waals surface area contributed by atoms with Crippen LogP contribution in [-0.2, 0) is 10.2 Å². The lowest BCUT2D eigenvalue weighted by Crippen LogP contribution is -2.66. The van der Waals surface area contributed by atoms with Gasteiger partial charge >= 0.3 is 11.9 Å². The van der Waals surface area contributed by atoms with Crippen molar-refractivity contribution in [3.05, 3.63) is 23.8 Å². The second-order valence-electron chi connectivity index (χ2n) is 7.26. The monoisotopic (exact) mass is 422 g/mol. The Balaban J connectivity index is 1.86. The molecule has 0 bridgehead atoms. The molecule has 6 nitrogen and oxygen atoms in total. The minimum absolute atomic E-state index is 0.0966. The first-order chi connectivity index (χ1) is 12.0. The second kappa shape index (κ2) is 6.82. The zero-order chi connectivity index (χ0) is 19.2. The topological polar surface area (TPSA) is 60.0 Å². The van der Waals surface area contributed by atoms with Gasteiger partial charge in [-0.2, -0.15) is 0 Å². The summed E-state index contributed by atoms with van der Waals surface area (Å²) in [5, 5.41) is 2.60. The normalized spacial score (nSPS) is 23.1. The van der Waals surface area contributed by atoms with Crippen LogP contribution in [-0.4, -0.2) is 46.9 Å². The van der Waals surface area contributed by atoms with Crippen LogP contribution in [0.5, 0.6) is 11.5 Å². The highest BCUT2D eigenvalue weighted by Gasteiger charge is 2.60. The molecule has 1 N–H and O–H groups in total. The lowest BCUT2D eigenvalue weighted by atomic mass is 9.87. The van der Waals surface area contributed by atoms with E-state index < -0.39 is 15.7 Å². The summed E-state index contributed by atoms with van der Waals surface area (Å²) in [6, 6.07) is 5.03. The van der Waals surface area contributed by atoms with Gasteiger partial charge in [0.25, 0.3) is 3.79 Å². The third-order valence-corrected chi connectivity index (χ3v) is 5.01. The molecule has 1 aromatic carbocycles. The average Bonchev–Trinajstić information content (AvgIpc) is 2.93. The maximum absolute atomic E-state index is 12.6. The maximum Gasteiger partial charge on any atom is 0.389 e. The van der Waals surface area contributed by atoms with Gasteiger partial charge in [-0.3, -0.25) is 5.32 Å². The fourth-order valence-electron chi connectivity index (χ4n) is 2.69. The molecule has 3 rings (SSSR count). The van der Waals surface area contributed by atoms with Gasteiger partial charge in [-0.15, -0.1) is 0 Å². The van der Waals surface area contributed by atoms with E-state index in [0.717, 1.165) is 5.56 Å². The predicted octanol–water partition coefficient (Wildman–Crippen LogP) is 3.82.